The molecular weight excluding hydrogens is 522 g/mol. The van der Waals surface area contributed by atoms with E-state index in [1.54, 1.807) is 14.5 Å². The van der Waals surface area contributed by atoms with E-state index in [0.717, 1.165) is 47.8 Å². The fraction of sp³-hybridized carbons (Fsp3) is 0.533. The highest BCUT2D eigenvalue weighted by Gasteiger charge is 2.39. The van der Waals surface area contributed by atoms with Crippen molar-refractivity contribution in [2.75, 3.05) is 19.6 Å². The van der Waals surface area contributed by atoms with Gasteiger partial charge in [-0.05, 0) is 61.8 Å². The number of aliphatic hydroxyl groups excluding tert-OH is 1. The summed E-state index contributed by atoms with van der Waals surface area (Å²) in [7, 11) is 1.83. The highest BCUT2D eigenvalue weighted by atomic mass is 16.6. The first-order chi connectivity index (χ1) is 19.9. The van der Waals surface area contributed by atoms with Gasteiger partial charge in [0.15, 0.2) is 0 Å². The molecule has 220 valence electrons. The fourth-order valence-electron chi connectivity index (χ4n) is 5.78. The van der Waals surface area contributed by atoms with Crippen LogP contribution in [-0.4, -0.2) is 86.0 Å². The summed E-state index contributed by atoms with van der Waals surface area (Å²) in [4.78, 5) is 29.9. The minimum absolute atomic E-state index is 0.0696. The van der Waals surface area contributed by atoms with E-state index in [0.29, 0.717) is 25.9 Å². The van der Waals surface area contributed by atoms with Crippen LogP contribution in [0.25, 0.3) is 11.0 Å². The van der Waals surface area contributed by atoms with Gasteiger partial charge in [0.1, 0.15) is 17.8 Å². The van der Waals surface area contributed by atoms with Gasteiger partial charge in [-0.3, -0.25) is 10.1 Å². The molecule has 2 aromatic carbocycles. The molecule has 11 heteroatoms. The molecule has 4 N–H and O–H groups in total. The van der Waals surface area contributed by atoms with Crippen LogP contribution >= 0.6 is 0 Å². The Bertz CT molecular complexity index is 1310. The minimum atomic E-state index is -1.09. The lowest BCUT2D eigenvalue weighted by Gasteiger charge is -2.44. The van der Waals surface area contributed by atoms with Gasteiger partial charge in [0, 0.05) is 33.2 Å². The second-order valence-corrected chi connectivity index (χ2v) is 11.2. The first-order valence-corrected chi connectivity index (χ1v) is 14.6. The normalized spacial score (nSPS) is 19.7. The molecular formula is C30H41N7O4. The predicted molar refractivity (Wildman–Crippen MR) is 155 cm³/mol. The van der Waals surface area contributed by atoms with E-state index in [1.165, 1.54) is 6.42 Å². The van der Waals surface area contributed by atoms with Crippen molar-refractivity contribution in [3.63, 3.8) is 0 Å². The third-order valence-electron chi connectivity index (χ3n) is 8.24. The third kappa shape index (κ3) is 7.22. The summed E-state index contributed by atoms with van der Waals surface area (Å²) in [5, 5.41) is 22.7. The van der Waals surface area contributed by atoms with E-state index >= 15 is 0 Å². The van der Waals surface area contributed by atoms with Crippen LogP contribution in [0, 0.1) is 0 Å². The zero-order valence-corrected chi connectivity index (χ0v) is 23.7. The molecule has 0 spiro atoms. The van der Waals surface area contributed by atoms with E-state index in [1.807, 2.05) is 55.6 Å². The number of fused-ring (bicyclic) bond motifs is 1. The molecule has 41 heavy (non-hydrogen) atoms. The van der Waals surface area contributed by atoms with Gasteiger partial charge in [0.05, 0.1) is 17.6 Å². The van der Waals surface area contributed by atoms with Gasteiger partial charge in [0.25, 0.3) is 0 Å². The molecule has 1 saturated heterocycles. The maximum atomic E-state index is 13.6. The molecule has 3 atom stereocenters. The van der Waals surface area contributed by atoms with Crippen LogP contribution < -0.4 is 11.1 Å². The maximum Gasteiger partial charge on any atom is 0.410 e. The lowest BCUT2D eigenvalue weighted by Crippen LogP contribution is -2.65. The fourth-order valence-corrected chi connectivity index (χ4v) is 5.78. The summed E-state index contributed by atoms with van der Waals surface area (Å²) in [6.45, 7) is 1.10. The number of piperazine rings is 1. The third-order valence-corrected chi connectivity index (χ3v) is 8.24. The van der Waals surface area contributed by atoms with Crippen LogP contribution in [0.4, 0.5) is 4.79 Å². The Kier molecular flexibility index (Phi) is 9.48. The van der Waals surface area contributed by atoms with Gasteiger partial charge < -0.3 is 25.4 Å². The van der Waals surface area contributed by atoms with Crippen LogP contribution in [0.1, 0.15) is 49.7 Å². The SMILES string of the molecule is Cn1nnc2cc(CNC(O)C3CN(C(=O)OC4CCCCC4)CCN3C(=O)C(N)CCc3ccccc3)ccc21. The summed E-state index contributed by atoms with van der Waals surface area (Å²) in [5.41, 5.74) is 10.1. The molecule has 2 fully saturated rings. The van der Waals surface area contributed by atoms with Crippen molar-refractivity contribution in [1.82, 2.24) is 30.1 Å². The molecule has 11 nitrogen and oxygen atoms in total. The molecule has 1 aromatic heterocycles. The first kappa shape index (κ1) is 29.0. The summed E-state index contributed by atoms with van der Waals surface area (Å²) in [6.07, 6.45) is 4.67. The molecule has 1 aliphatic carbocycles. The van der Waals surface area contributed by atoms with Gasteiger partial charge in [-0.2, -0.15) is 0 Å². The Labute approximate surface area is 240 Å². The van der Waals surface area contributed by atoms with Crippen molar-refractivity contribution in [1.29, 1.82) is 0 Å². The number of rotatable bonds is 9. The molecule has 1 aliphatic heterocycles. The Morgan fingerprint density at radius 1 is 1.10 bits per heavy atom. The lowest BCUT2D eigenvalue weighted by molar-refractivity contribution is -0.142. The Morgan fingerprint density at radius 3 is 2.66 bits per heavy atom. The molecule has 2 heterocycles. The number of aliphatic hydroxyl groups is 1. The van der Waals surface area contributed by atoms with E-state index in [-0.39, 0.29) is 31.2 Å². The number of benzene rings is 2. The highest BCUT2D eigenvalue weighted by Crippen LogP contribution is 2.23. The zero-order valence-electron chi connectivity index (χ0n) is 23.7. The number of carbonyl (C=O) groups is 2. The smallest absolute Gasteiger partial charge is 0.410 e. The number of aryl methyl sites for hydroxylation is 2. The summed E-state index contributed by atoms with van der Waals surface area (Å²) >= 11 is 0. The van der Waals surface area contributed by atoms with Crippen LogP contribution in [-0.2, 0) is 29.5 Å². The predicted octanol–water partition coefficient (Wildman–Crippen LogP) is 2.32. The van der Waals surface area contributed by atoms with Gasteiger partial charge in [-0.1, -0.05) is 48.0 Å². The topological polar surface area (TPSA) is 139 Å². The van der Waals surface area contributed by atoms with E-state index in [2.05, 4.69) is 15.6 Å². The van der Waals surface area contributed by atoms with Crippen LogP contribution in [0.2, 0.25) is 0 Å². The molecule has 2 aliphatic rings. The quantitative estimate of drug-likeness (QED) is 0.337. The maximum absolute atomic E-state index is 13.6. The molecule has 2 amide bonds. The standard InChI is InChI=1S/C30H41N7O4/c1-35-26-15-13-22(18-25(26)33-34-35)19-32-28(38)27-20-36(30(40)41-23-10-6-3-7-11-23)16-17-37(27)29(39)24(31)14-12-21-8-4-2-5-9-21/h2,4-5,8-9,13,15,18,23-24,27-28,32,38H,3,6-7,10-12,14,16-17,19-20,31H2,1H3. The average molecular weight is 564 g/mol. The molecule has 3 unspecified atom stereocenters. The summed E-state index contributed by atoms with van der Waals surface area (Å²) in [6, 6.07) is 14.3. The number of aromatic nitrogens is 3. The van der Waals surface area contributed by atoms with Crippen molar-refractivity contribution < 1.29 is 19.4 Å². The molecule has 5 rings (SSSR count). The van der Waals surface area contributed by atoms with Gasteiger partial charge in [-0.25, -0.2) is 9.48 Å². The molecule has 0 radical (unpaired) electrons. The average Bonchev–Trinajstić information content (AvgIpc) is 3.38. The largest absolute Gasteiger partial charge is 0.446 e. The molecule has 1 saturated carbocycles. The Hall–Kier alpha value is -3.54. The highest BCUT2D eigenvalue weighted by molar-refractivity contribution is 5.82. The van der Waals surface area contributed by atoms with E-state index in [9.17, 15) is 14.7 Å². The van der Waals surface area contributed by atoms with Gasteiger partial charge in [-0.15, -0.1) is 5.10 Å². The number of nitrogens with zero attached hydrogens (tertiary/aromatic N) is 5. The van der Waals surface area contributed by atoms with Crippen LogP contribution in [0.15, 0.2) is 48.5 Å². The molecule has 3 aromatic rings. The first-order valence-electron chi connectivity index (χ1n) is 14.6. The number of nitrogens with two attached hydrogens (primary N) is 1. The van der Waals surface area contributed by atoms with E-state index < -0.39 is 18.3 Å². The van der Waals surface area contributed by atoms with Gasteiger partial charge >= 0.3 is 6.09 Å². The van der Waals surface area contributed by atoms with Crippen molar-refractivity contribution >= 4 is 23.0 Å². The number of carbonyl (C=O) groups excluding carboxylic acids is 2. The number of ether oxygens (including phenoxy) is 1. The molecule has 0 bridgehead atoms. The van der Waals surface area contributed by atoms with Crippen LogP contribution in [0.5, 0.6) is 0 Å². The lowest BCUT2D eigenvalue weighted by atomic mass is 9.98. The number of hydrogen-bond acceptors (Lipinski definition) is 8. The van der Waals surface area contributed by atoms with Crippen LogP contribution in [0.3, 0.4) is 0 Å². The number of nitrogens with one attached hydrogen (secondary N) is 1. The zero-order chi connectivity index (χ0) is 28.8. The van der Waals surface area contributed by atoms with Gasteiger partial charge in [0.2, 0.25) is 5.91 Å². The Morgan fingerprint density at radius 2 is 1.88 bits per heavy atom. The van der Waals surface area contributed by atoms with E-state index in [4.69, 9.17) is 10.5 Å². The monoisotopic (exact) mass is 563 g/mol. The Balaban J connectivity index is 1.26. The summed E-state index contributed by atoms with van der Waals surface area (Å²) in [5.74, 6) is -0.229. The number of amides is 2. The second kappa shape index (κ2) is 13.4. The van der Waals surface area contributed by atoms with Crippen molar-refractivity contribution in [2.24, 2.45) is 12.8 Å². The second-order valence-electron chi connectivity index (χ2n) is 11.2. The summed E-state index contributed by atoms with van der Waals surface area (Å²) < 4.78 is 7.51. The van der Waals surface area contributed by atoms with Crippen molar-refractivity contribution in [2.45, 2.75) is 75.9 Å². The van der Waals surface area contributed by atoms with Crippen molar-refractivity contribution in [3.05, 3.63) is 59.7 Å². The minimum Gasteiger partial charge on any atom is -0.446 e. The van der Waals surface area contributed by atoms with Crippen molar-refractivity contribution in [3.8, 4) is 0 Å². The number of hydrogen-bond donors (Lipinski definition) is 3.